The monoisotopic (exact) mass is 566 g/mol. The molecule has 0 spiro atoms. The van der Waals surface area contributed by atoms with Crippen molar-refractivity contribution >= 4 is 17.8 Å². The van der Waals surface area contributed by atoms with Gasteiger partial charge >= 0.3 is 5.97 Å². The number of ether oxygens (including phenoxy) is 2. The molecule has 0 radical (unpaired) electrons. The summed E-state index contributed by atoms with van der Waals surface area (Å²) in [7, 11) is 0. The molecule has 3 N–H and O–H groups in total. The predicted octanol–water partition coefficient (Wildman–Crippen LogP) is 1.86. The van der Waals surface area contributed by atoms with Gasteiger partial charge in [-0.25, -0.2) is 0 Å². The van der Waals surface area contributed by atoms with Crippen LogP contribution in [-0.2, 0) is 41.8 Å². The van der Waals surface area contributed by atoms with E-state index in [1.54, 1.807) is 18.5 Å². The van der Waals surface area contributed by atoms with Crippen molar-refractivity contribution in [2.24, 2.45) is 11.7 Å². The first-order chi connectivity index (χ1) is 20.3. The fraction of sp³-hybridized carbons (Fsp3) is 0.312. The molecule has 3 aromatic rings. The molecule has 2 saturated heterocycles. The van der Waals surface area contributed by atoms with Crippen molar-refractivity contribution in [1.82, 2.24) is 15.4 Å². The molecule has 42 heavy (non-hydrogen) atoms. The molecule has 2 aliphatic heterocycles. The Bertz CT molecular complexity index is 1560. The maximum atomic E-state index is 13.9. The second-order valence-corrected chi connectivity index (χ2v) is 10.7. The van der Waals surface area contributed by atoms with Crippen molar-refractivity contribution in [2.45, 2.75) is 56.4 Å². The molecule has 1 aliphatic carbocycles. The summed E-state index contributed by atoms with van der Waals surface area (Å²) in [5, 5.41) is 4.43. The average molecular weight is 567 g/mol. The summed E-state index contributed by atoms with van der Waals surface area (Å²) < 4.78 is 11.4. The number of hydrogen-bond donors (Lipinski definition) is 2. The Morgan fingerprint density at radius 3 is 2.57 bits per heavy atom. The van der Waals surface area contributed by atoms with E-state index in [1.807, 2.05) is 60.7 Å². The molecule has 10 heteroatoms. The largest absolute Gasteiger partial charge is 0.459 e. The van der Waals surface area contributed by atoms with Crippen LogP contribution < -0.4 is 11.1 Å². The van der Waals surface area contributed by atoms with Gasteiger partial charge in [0.05, 0.1) is 18.6 Å². The quantitative estimate of drug-likeness (QED) is 0.251. The number of nitrogens with one attached hydrogen (secondary N) is 1. The lowest BCUT2D eigenvalue weighted by Gasteiger charge is -2.37. The van der Waals surface area contributed by atoms with Crippen molar-refractivity contribution in [3.8, 4) is 11.8 Å². The Hall–Kier alpha value is -4.56. The molecule has 1 unspecified atom stereocenters. The second kappa shape index (κ2) is 11.4. The highest BCUT2D eigenvalue weighted by Crippen LogP contribution is 2.54. The Morgan fingerprint density at radius 2 is 1.83 bits per heavy atom. The zero-order valence-corrected chi connectivity index (χ0v) is 22.9. The normalized spacial score (nSPS) is 27.5. The molecule has 0 bridgehead atoms. The number of hydrogen-bond acceptors (Lipinski definition) is 8. The third-order valence-electron chi connectivity index (χ3n) is 7.84. The summed E-state index contributed by atoms with van der Waals surface area (Å²) in [4.78, 5) is 49.6. The van der Waals surface area contributed by atoms with Gasteiger partial charge in [0.2, 0.25) is 5.91 Å². The summed E-state index contributed by atoms with van der Waals surface area (Å²) in [6.07, 6.45) is 1.75. The van der Waals surface area contributed by atoms with Gasteiger partial charge in [0.1, 0.15) is 18.2 Å². The lowest BCUT2D eigenvalue weighted by Crippen LogP contribution is -2.61. The summed E-state index contributed by atoms with van der Waals surface area (Å²) >= 11 is 0. The molecule has 6 atom stereocenters. The molecule has 2 aromatic carbocycles. The van der Waals surface area contributed by atoms with E-state index in [0.29, 0.717) is 0 Å². The number of rotatable bonds is 7. The minimum absolute atomic E-state index is 0.153. The molecule has 3 heterocycles. The number of carbonyl (C=O) groups is 3. The van der Waals surface area contributed by atoms with Crippen LogP contribution >= 0.6 is 0 Å². The maximum absolute atomic E-state index is 13.9. The topological polar surface area (TPSA) is 136 Å². The van der Waals surface area contributed by atoms with E-state index < -0.39 is 47.6 Å². The van der Waals surface area contributed by atoms with Crippen LogP contribution in [0, 0.1) is 17.8 Å². The number of epoxide rings is 1. The molecule has 214 valence electrons. The van der Waals surface area contributed by atoms with Gasteiger partial charge in [0.15, 0.2) is 5.60 Å². The number of benzene rings is 2. The molecule has 10 nitrogen and oxygen atoms in total. The fourth-order valence-electron chi connectivity index (χ4n) is 5.95. The summed E-state index contributed by atoms with van der Waals surface area (Å²) in [5.74, 6) is 3.74. The fourth-order valence-corrected chi connectivity index (χ4v) is 5.95. The number of amides is 2. The van der Waals surface area contributed by atoms with Crippen LogP contribution in [0.15, 0.2) is 79.1 Å². The lowest BCUT2D eigenvalue weighted by atomic mass is 9.70. The highest BCUT2D eigenvalue weighted by Gasteiger charge is 2.73. The third-order valence-corrected chi connectivity index (χ3v) is 7.84. The third kappa shape index (κ3) is 5.50. The van der Waals surface area contributed by atoms with Crippen LogP contribution in [0.1, 0.15) is 35.6 Å². The smallest absolute Gasteiger partial charge is 0.303 e. The number of carbonyl (C=O) groups excluding carboxylic acids is 3. The first-order valence-corrected chi connectivity index (χ1v) is 13.7. The Morgan fingerprint density at radius 1 is 1.07 bits per heavy atom. The highest BCUT2D eigenvalue weighted by molar-refractivity contribution is 5.89. The number of fused-ring (bicyclic) bond motifs is 2. The van der Waals surface area contributed by atoms with Gasteiger partial charge in [-0.05, 0) is 41.5 Å². The zero-order valence-electron chi connectivity index (χ0n) is 22.9. The van der Waals surface area contributed by atoms with Gasteiger partial charge in [-0.1, -0.05) is 48.2 Å². The first-order valence-electron chi connectivity index (χ1n) is 13.7. The highest BCUT2D eigenvalue weighted by atomic mass is 16.7. The average Bonchev–Trinajstić information content (AvgIpc) is 3.68. The van der Waals surface area contributed by atoms with Gasteiger partial charge in [0.25, 0.3) is 5.91 Å². The van der Waals surface area contributed by atoms with Crippen molar-refractivity contribution in [1.29, 1.82) is 0 Å². The molecular formula is C32H30N4O6. The molecule has 6 rings (SSSR count). The number of nitrogens with two attached hydrogens (primary N) is 1. The van der Waals surface area contributed by atoms with Gasteiger partial charge in [-0.2, -0.15) is 5.06 Å². The number of primary amides is 1. The van der Waals surface area contributed by atoms with E-state index in [0.717, 1.165) is 22.3 Å². The Labute approximate surface area is 243 Å². The predicted molar refractivity (Wildman–Crippen MR) is 150 cm³/mol. The molecule has 2 amide bonds. The SMILES string of the molecule is CC(=O)O[C@H]1C2[C@@H](C(=O)NCc3cccnc3)N(Cc3cccc(C#Cc4ccccc4)c3)O[C@@]2(C(N)=O)C[C@@H]2O[C@@H]21. The number of esters is 1. The van der Waals surface area contributed by atoms with E-state index in [-0.39, 0.29) is 25.6 Å². The van der Waals surface area contributed by atoms with Crippen LogP contribution in [0.2, 0.25) is 0 Å². The van der Waals surface area contributed by atoms with Crippen LogP contribution in [-0.4, -0.2) is 57.8 Å². The van der Waals surface area contributed by atoms with Crippen LogP contribution in [0.5, 0.6) is 0 Å². The molecule has 3 aliphatic rings. The summed E-state index contributed by atoms with van der Waals surface area (Å²) in [5.41, 5.74) is 7.65. The number of aromatic nitrogens is 1. The van der Waals surface area contributed by atoms with Gasteiger partial charge < -0.3 is 20.5 Å². The van der Waals surface area contributed by atoms with E-state index in [4.69, 9.17) is 20.0 Å². The Balaban J connectivity index is 1.32. The van der Waals surface area contributed by atoms with Gasteiger partial charge in [-0.15, -0.1) is 0 Å². The maximum Gasteiger partial charge on any atom is 0.303 e. The summed E-state index contributed by atoms with van der Waals surface area (Å²) in [6, 6.07) is 19.8. The summed E-state index contributed by atoms with van der Waals surface area (Å²) in [6.45, 7) is 1.64. The van der Waals surface area contributed by atoms with Gasteiger partial charge in [-0.3, -0.25) is 24.2 Å². The number of nitrogens with zero attached hydrogens (tertiary/aromatic N) is 2. The number of hydroxylamine groups is 2. The second-order valence-electron chi connectivity index (χ2n) is 10.7. The molecular weight excluding hydrogens is 536 g/mol. The van der Waals surface area contributed by atoms with Crippen molar-refractivity contribution in [3.05, 3.63) is 101 Å². The lowest BCUT2D eigenvalue weighted by molar-refractivity contribution is -0.218. The molecule has 1 saturated carbocycles. The first kappa shape index (κ1) is 27.6. The standard InChI is InChI=1S/C32H30N4O6/c1-20(37)40-29-26-27(30(38)35-18-24-11-6-14-34-17-24)36(42-32(26,31(33)39)16-25-28(29)41-25)19-23-10-5-9-22(15-23)13-12-21-7-3-2-4-8-21/h2-11,14-15,17,25-29H,16,18-19H2,1H3,(H2,33,39)(H,35,38)/t25-,26?,27-,28-,29-,32-/m0/s1. The molecule has 1 aromatic heterocycles. The van der Waals surface area contributed by atoms with Crippen molar-refractivity contribution in [3.63, 3.8) is 0 Å². The van der Waals surface area contributed by atoms with Crippen LogP contribution in [0.4, 0.5) is 0 Å². The van der Waals surface area contributed by atoms with E-state index in [9.17, 15) is 14.4 Å². The van der Waals surface area contributed by atoms with Crippen LogP contribution in [0.25, 0.3) is 0 Å². The minimum Gasteiger partial charge on any atom is -0.459 e. The Kier molecular flexibility index (Phi) is 7.47. The van der Waals surface area contributed by atoms with E-state index >= 15 is 0 Å². The zero-order chi connectivity index (χ0) is 29.3. The van der Waals surface area contributed by atoms with Crippen molar-refractivity contribution < 1.29 is 28.7 Å². The van der Waals surface area contributed by atoms with Crippen LogP contribution in [0.3, 0.4) is 0 Å². The molecule has 3 fully saturated rings. The van der Waals surface area contributed by atoms with Gasteiger partial charge in [0, 0.05) is 43.4 Å². The van der Waals surface area contributed by atoms with Crippen molar-refractivity contribution in [2.75, 3.05) is 0 Å². The minimum atomic E-state index is -1.60. The van der Waals surface area contributed by atoms with E-state index in [2.05, 4.69) is 22.1 Å². The number of pyridine rings is 1. The van der Waals surface area contributed by atoms with E-state index in [1.165, 1.54) is 12.0 Å².